The molecule has 0 radical (unpaired) electrons. The van der Waals surface area contributed by atoms with Crippen LogP contribution in [0.25, 0.3) is 0 Å². The molecule has 1 aliphatic heterocycles. The van der Waals surface area contributed by atoms with Crippen molar-refractivity contribution < 1.29 is 9.53 Å². The lowest BCUT2D eigenvalue weighted by Gasteiger charge is -2.34. The molecule has 1 amide bonds. The molecule has 1 heterocycles. The van der Waals surface area contributed by atoms with Gasteiger partial charge in [0.1, 0.15) is 5.60 Å². The van der Waals surface area contributed by atoms with Gasteiger partial charge in [0.2, 0.25) is 0 Å². The summed E-state index contributed by atoms with van der Waals surface area (Å²) in [4.78, 5) is 14.0. The number of likely N-dealkylation sites (tertiary alicyclic amines) is 1. The van der Waals surface area contributed by atoms with Crippen LogP contribution in [0.5, 0.6) is 0 Å². The molecule has 1 atom stereocenters. The molecule has 4 nitrogen and oxygen atoms in total. The molecule has 2 rings (SSSR count). The summed E-state index contributed by atoms with van der Waals surface area (Å²) in [6.07, 6.45) is 1.97. The van der Waals surface area contributed by atoms with E-state index in [9.17, 15) is 4.79 Å². The third kappa shape index (κ3) is 6.40. The zero-order chi connectivity index (χ0) is 16.9. The Kier molecular flexibility index (Phi) is 6.31. The molecule has 0 saturated carbocycles. The van der Waals surface area contributed by atoms with Gasteiger partial charge in [-0.2, -0.15) is 0 Å². The summed E-state index contributed by atoms with van der Waals surface area (Å²) in [5.74, 6) is 0.468. The number of rotatable bonds is 4. The highest BCUT2D eigenvalue weighted by molar-refractivity contribution is 6.30. The van der Waals surface area contributed by atoms with Crippen molar-refractivity contribution in [1.29, 1.82) is 0 Å². The Labute approximate surface area is 144 Å². The maximum absolute atomic E-state index is 12.2. The Morgan fingerprint density at radius 3 is 2.91 bits per heavy atom. The Bertz CT molecular complexity index is 528. The van der Waals surface area contributed by atoms with Gasteiger partial charge in [-0.3, -0.25) is 0 Å². The lowest BCUT2D eigenvalue weighted by Crippen LogP contribution is -2.44. The molecule has 0 spiro atoms. The van der Waals surface area contributed by atoms with Gasteiger partial charge in [0.15, 0.2) is 0 Å². The van der Waals surface area contributed by atoms with E-state index in [2.05, 4.69) is 11.4 Å². The maximum atomic E-state index is 12.2. The first-order valence-corrected chi connectivity index (χ1v) is 8.64. The van der Waals surface area contributed by atoms with Gasteiger partial charge in [-0.25, -0.2) is 4.79 Å². The van der Waals surface area contributed by atoms with E-state index < -0.39 is 5.60 Å². The third-order valence-electron chi connectivity index (χ3n) is 3.82. The van der Waals surface area contributed by atoms with Gasteiger partial charge in [0, 0.05) is 24.7 Å². The average Bonchev–Trinajstić information content (AvgIpc) is 2.46. The first-order valence-electron chi connectivity index (χ1n) is 8.26. The number of hydrogen-bond donors (Lipinski definition) is 1. The standard InChI is InChI=1S/C18H27ClN2O2/c1-18(2,3)23-17(22)21-9-5-7-15(13-21)12-20-11-14-6-4-8-16(19)10-14/h4,6,8,10,15,20H,5,7,9,11-13H2,1-3H3. The molecule has 1 N–H and O–H groups in total. The second-order valence-electron chi connectivity index (χ2n) is 7.20. The molecule has 1 unspecified atom stereocenters. The average molecular weight is 339 g/mol. The van der Waals surface area contributed by atoms with Crippen molar-refractivity contribution in [2.45, 2.75) is 45.8 Å². The van der Waals surface area contributed by atoms with Crippen molar-refractivity contribution in [2.75, 3.05) is 19.6 Å². The predicted molar refractivity (Wildman–Crippen MR) is 93.7 cm³/mol. The van der Waals surface area contributed by atoms with Crippen LogP contribution in [0, 0.1) is 5.92 Å². The van der Waals surface area contributed by atoms with Crippen LogP contribution in [0.1, 0.15) is 39.2 Å². The quantitative estimate of drug-likeness (QED) is 0.899. The zero-order valence-corrected chi connectivity index (χ0v) is 15.0. The van der Waals surface area contributed by atoms with E-state index in [0.29, 0.717) is 5.92 Å². The minimum atomic E-state index is -0.436. The fourth-order valence-corrected chi connectivity index (χ4v) is 3.00. The molecule has 5 heteroatoms. The van der Waals surface area contributed by atoms with Crippen LogP contribution in [0.4, 0.5) is 4.79 Å². The Morgan fingerprint density at radius 1 is 1.43 bits per heavy atom. The Morgan fingerprint density at radius 2 is 2.22 bits per heavy atom. The van der Waals surface area contributed by atoms with Crippen LogP contribution in [0.15, 0.2) is 24.3 Å². The fourth-order valence-electron chi connectivity index (χ4n) is 2.79. The van der Waals surface area contributed by atoms with Crippen molar-refractivity contribution in [1.82, 2.24) is 10.2 Å². The van der Waals surface area contributed by atoms with Crippen molar-refractivity contribution in [2.24, 2.45) is 5.92 Å². The number of benzene rings is 1. The molecule has 1 saturated heterocycles. The van der Waals surface area contributed by atoms with Crippen LogP contribution < -0.4 is 5.32 Å². The van der Waals surface area contributed by atoms with E-state index in [1.165, 1.54) is 5.56 Å². The van der Waals surface area contributed by atoms with Gasteiger partial charge < -0.3 is 15.0 Å². The van der Waals surface area contributed by atoms with Crippen LogP contribution in [0.2, 0.25) is 5.02 Å². The number of ether oxygens (including phenoxy) is 1. The van der Waals surface area contributed by atoms with E-state index in [1.54, 1.807) is 0 Å². The van der Waals surface area contributed by atoms with Crippen molar-refractivity contribution >= 4 is 17.7 Å². The first-order chi connectivity index (χ1) is 10.8. The number of nitrogens with one attached hydrogen (secondary N) is 1. The van der Waals surface area contributed by atoms with Crippen molar-refractivity contribution in [3.05, 3.63) is 34.9 Å². The lowest BCUT2D eigenvalue weighted by molar-refractivity contribution is 0.0166. The lowest BCUT2D eigenvalue weighted by atomic mass is 9.98. The molecular weight excluding hydrogens is 312 g/mol. The zero-order valence-electron chi connectivity index (χ0n) is 14.3. The summed E-state index contributed by atoms with van der Waals surface area (Å²) >= 11 is 5.99. The summed E-state index contributed by atoms with van der Waals surface area (Å²) in [5, 5.41) is 4.23. The SMILES string of the molecule is CC(C)(C)OC(=O)N1CCCC(CNCc2cccc(Cl)c2)C1. The van der Waals surface area contributed by atoms with Crippen molar-refractivity contribution in [3.8, 4) is 0 Å². The number of carbonyl (C=O) groups is 1. The van der Waals surface area contributed by atoms with Crippen LogP contribution in [0.3, 0.4) is 0 Å². The summed E-state index contributed by atoms with van der Waals surface area (Å²) in [7, 11) is 0. The molecule has 0 aliphatic carbocycles. The monoisotopic (exact) mass is 338 g/mol. The normalized spacial score (nSPS) is 18.8. The van der Waals surface area contributed by atoms with Gasteiger partial charge in [0.05, 0.1) is 0 Å². The molecule has 0 bridgehead atoms. The summed E-state index contributed by atoms with van der Waals surface area (Å²) in [5.41, 5.74) is 0.742. The third-order valence-corrected chi connectivity index (χ3v) is 4.06. The minimum Gasteiger partial charge on any atom is -0.444 e. The molecular formula is C18H27ClN2O2. The summed E-state index contributed by atoms with van der Waals surface area (Å²) in [6, 6.07) is 7.88. The molecule has 1 aromatic rings. The van der Waals surface area contributed by atoms with Gasteiger partial charge in [-0.05, 0) is 63.8 Å². The number of carbonyl (C=O) groups excluding carboxylic acids is 1. The largest absolute Gasteiger partial charge is 0.444 e. The highest BCUT2D eigenvalue weighted by atomic mass is 35.5. The minimum absolute atomic E-state index is 0.197. The van der Waals surface area contributed by atoms with Gasteiger partial charge in [-0.15, -0.1) is 0 Å². The van der Waals surface area contributed by atoms with E-state index in [1.807, 2.05) is 43.9 Å². The molecule has 128 valence electrons. The number of hydrogen-bond acceptors (Lipinski definition) is 3. The van der Waals surface area contributed by atoms with Gasteiger partial charge in [-0.1, -0.05) is 23.7 Å². The van der Waals surface area contributed by atoms with E-state index in [4.69, 9.17) is 16.3 Å². The topological polar surface area (TPSA) is 41.6 Å². The van der Waals surface area contributed by atoms with E-state index >= 15 is 0 Å². The molecule has 1 aromatic carbocycles. The van der Waals surface area contributed by atoms with E-state index in [0.717, 1.165) is 44.0 Å². The maximum Gasteiger partial charge on any atom is 0.410 e. The smallest absolute Gasteiger partial charge is 0.410 e. The highest BCUT2D eigenvalue weighted by Gasteiger charge is 2.27. The van der Waals surface area contributed by atoms with Gasteiger partial charge >= 0.3 is 6.09 Å². The first kappa shape index (κ1) is 18.1. The molecule has 1 fully saturated rings. The number of amides is 1. The molecule has 23 heavy (non-hydrogen) atoms. The van der Waals surface area contributed by atoms with E-state index in [-0.39, 0.29) is 6.09 Å². The van der Waals surface area contributed by atoms with Crippen LogP contribution >= 0.6 is 11.6 Å². The number of halogens is 1. The summed E-state index contributed by atoms with van der Waals surface area (Å²) in [6.45, 7) is 8.95. The molecule has 1 aliphatic rings. The highest BCUT2D eigenvalue weighted by Crippen LogP contribution is 2.19. The van der Waals surface area contributed by atoms with Crippen molar-refractivity contribution in [3.63, 3.8) is 0 Å². The summed E-state index contributed by atoms with van der Waals surface area (Å²) < 4.78 is 5.46. The Balaban J connectivity index is 1.76. The van der Waals surface area contributed by atoms with Crippen LogP contribution in [-0.2, 0) is 11.3 Å². The second kappa shape index (κ2) is 8.02. The van der Waals surface area contributed by atoms with Gasteiger partial charge in [0.25, 0.3) is 0 Å². The predicted octanol–water partition coefficient (Wildman–Crippen LogP) is 4.08. The Hall–Kier alpha value is -1.26. The molecule has 0 aromatic heterocycles. The fraction of sp³-hybridized carbons (Fsp3) is 0.611. The van der Waals surface area contributed by atoms with Crippen LogP contribution in [-0.4, -0.2) is 36.2 Å². The second-order valence-corrected chi connectivity index (χ2v) is 7.63. The number of nitrogens with zero attached hydrogens (tertiary/aromatic N) is 1. The number of piperidine rings is 1.